The second kappa shape index (κ2) is 8.73. The maximum atomic E-state index is 12.2. The van der Waals surface area contributed by atoms with Gasteiger partial charge in [0.15, 0.2) is 0 Å². The van der Waals surface area contributed by atoms with Crippen LogP contribution in [0.3, 0.4) is 0 Å². The summed E-state index contributed by atoms with van der Waals surface area (Å²) in [7, 11) is 0. The van der Waals surface area contributed by atoms with Gasteiger partial charge in [-0.05, 0) is 51.0 Å². The molecular formula is C23H24N4O3. The van der Waals surface area contributed by atoms with Crippen molar-refractivity contribution in [1.29, 1.82) is 0 Å². The van der Waals surface area contributed by atoms with Gasteiger partial charge in [-0.25, -0.2) is 5.43 Å². The molecule has 0 spiro atoms. The molecule has 1 N–H and O–H groups in total. The summed E-state index contributed by atoms with van der Waals surface area (Å²) in [5, 5.41) is 15.1. The highest BCUT2D eigenvalue weighted by molar-refractivity contribution is 5.85. The SMILES string of the molecule is Cc1cccc(-n2c(C)cc(/C=N/NC(=O)Cc3ccccc3[N+](=O)[O-])c2C)c1C. The lowest BCUT2D eigenvalue weighted by molar-refractivity contribution is -0.385. The summed E-state index contributed by atoms with van der Waals surface area (Å²) in [4.78, 5) is 22.8. The van der Waals surface area contributed by atoms with E-state index in [4.69, 9.17) is 0 Å². The van der Waals surface area contributed by atoms with E-state index in [2.05, 4.69) is 41.1 Å². The van der Waals surface area contributed by atoms with Gasteiger partial charge in [0.1, 0.15) is 0 Å². The Kier molecular flexibility index (Phi) is 6.11. The van der Waals surface area contributed by atoms with E-state index in [0.29, 0.717) is 5.56 Å². The number of aromatic nitrogens is 1. The largest absolute Gasteiger partial charge is 0.318 e. The van der Waals surface area contributed by atoms with Crippen LogP contribution in [0.5, 0.6) is 0 Å². The van der Waals surface area contributed by atoms with Crippen LogP contribution in [0.4, 0.5) is 5.69 Å². The fraction of sp³-hybridized carbons (Fsp3) is 0.217. The molecule has 0 aliphatic carbocycles. The quantitative estimate of drug-likeness (QED) is 0.377. The number of benzene rings is 2. The van der Waals surface area contributed by atoms with Crippen molar-refractivity contribution in [2.45, 2.75) is 34.1 Å². The van der Waals surface area contributed by atoms with Gasteiger partial charge in [-0.1, -0.05) is 30.3 Å². The Bertz CT molecular complexity index is 1150. The number of nitro groups is 1. The molecule has 2 aromatic carbocycles. The number of nitrogens with zero attached hydrogens (tertiary/aromatic N) is 3. The zero-order chi connectivity index (χ0) is 21.8. The van der Waals surface area contributed by atoms with Gasteiger partial charge in [0.2, 0.25) is 5.91 Å². The lowest BCUT2D eigenvalue weighted by Crippen LogP contribution is -2.20. The minimum absolute atomic E-state index is 0.0753. The van der Waals surface area contributed by atoms with Crippen molar-refractivity contribution in [2.24, 2.45) is 5.10 Å². The summed E-state index contributed by atoms with van der Waals surface area (Å²) < 4.78 is 2.17. The number of carbonyl (C=O) groups excluding carboxylic acids is 1. The smallest absolute Gasteiger partial charge is 0.273 e. The van der Waals surface area contributed by atoms with Crippen LogP contribution < -0.4 is 5.43 Å². The summed E-state index contributed by atoms with van der Waals surface area (Å²) in [5.74, 6) is -0.413. The lowest BCUT2D eigenvalue weighted by Gasteiger charge is -2.14. The normalized spacial score (nSPS) is 11.1. The predicted octanol–water partition coefficient (Wildman–Crippen LogP) is 4.31. The molecule has 3 aromatic rings. The summed E-state index contributed by atoms with van der Waals surface area (Å²) in [5.41, 5.74) is 9.24. The van der Waals surface area contributed by atoms with Crippen molar-refractivity contribution in [3.63, 3.8) is 0 Å². The number of hydrogen-bond acceptors (Lipinski definition) is 4. The number of hydrogen-bond donors (Lipinski definition) is 1. The van der Waals surface area contributed by atoms with Gasteiger partial charge >= 0.3 is 0 Å². The zero-order valence-electron chi connectivity index (χ0n) is 17.5. The third-order valence-electron chi connectivity index (χ3n) is 5.22. The van der Waals surface area contributed by atoms with Crippen LogP contribution >= 0.6 is 0 Å². The molecule has 1 amide bonds. The van der Waals surface area contributed by atoms with Crippen molar-refractivity contribution < 1.29 is 9.72 Å². The van der Waals surface area contributed by atoms with Gasteiger partial charge in [0, 0.05) is 34.3 Å². The first-order chi connectivity index (χ1) is 14.3. The predicted molar refractivity (Wildman–Crippen MR) is 117 cm³/mol. The van der Waals surface area contributed by atoms with E-state index in [1.54, 1.807) is 24.4 Å². The number of amides is 1. The minimum Gasteiger partial charge on any atom is -0.318 e. The van der Waals surface area contributed by atoms with E-state index >= 15 is 0 Å². The lowest BCUT2D eigenvalue weighted by atomic mass is 10.1. The molecule has 0 aliphatic heterocycles. The number of hydrazone groups is 1. The molecule has 7 nitrogen and oxygen atoms in total. The summed E-state index contributed by atoms with van der Waals surface area (Å²) in [6.07, 6.45) is 1.48. The van der Waals surface area contributed by atoms with Crippen LogP contribution in [-0.2, 0) is 11.2 Å². The van der Waals surface area contributed by atoms with Crippen LogP contribution in [0.15, 0.2) is 53.6 Å². The van der Waals surface area contributed by atoms with Gasteiger partial charge in [0.25, 0.3) is 5.69 Å². The van der Waals surface area contributed by atoms with Gasteiger partial charge in [-0.2, -0.15) is 5.10 Å². The first-order valence-corrected chi connectivity index (χ1v) is 9.59. The molecular weight excluding hydrogens is 380 g/mol. The number of rotatable bonds is 6. The summed E-state index contributed by atoms with van der Waals surface area (Å²) in [6.45, 7) is 8.22. The number of para-hydroxylation sites is 1. The molecule has 30 heavy (non-hydrogen) atoms. The monoisotopic (exact) mass is 404 g/mol. The van der Waals surface area contributed by atoms with Crippen LogP contribution in [0.25, 0.3) is 5.69 Å². The Morgan fingerprint density at radius 3 is 2.60 bits per heavy atom. The topological polar surface area (TPSA) is 89.5 Å². The summed E-state index contributed by atoms with van der Waals surface area (Å²) in [6, 6.07) is 14.4. The number of nitro benzene ring substituents is 1. The molecule has 1 aromatic heterocycles. The first-order valence-electron chi connectivity index (χ1n) is 9.59. The maximum Gasteiger partial charge on any atom is 0.273 e. The first kappa shape index (κ1) is 21.0. The Morgan fingerprint density at radius 2 is 1.87 bits per heavy atom. The second-order valence-electron chi connectivity index (χ2n) is 7.24. The fourth-order valence-electron chi connectivity index (χ4n) is 3.49. The molecule has 0 bridgehead atoms. The van der Waals surface area contributed by atoms with Crippen molar-refractivity contribution in [2.75, 3.05) is 0 Å². The molecule has 0 radical (unpaired) electrons. The summed E-state index contributed by atoms with van der Waals surface area (Å²) >= 11 is 0. The Labute approximate surface area is 175 Å². The number of carbonyl (C=O) groups is 1. The number of aryl methyl sites for hydroxylation is 2. The van der Waals surface area contributed by atoms with Gasteiger partial charge in [-0.3, -0.25) is 14.9 Å². The highest BCUT2D eigenvalue weighted by Gasteiger charge is 2.15. The molecule has 0 fully saturated rings. The second-order valence-corrected chi connectivity index (χ2v) is 7.24. The van der Waals surface area contributed by atoms with Gasteiger partial charge in [-0.15, -0.1) is 0 Å². The molecule has 0 saturated heterocycles. The van der Waals surface area contributed by atoms with Crippen molar-refractivity contribution in [3.05, 3.63) is 92.3 Å². The van der Waals surface area contributed by atoms with E-state index in [0.717, 1.165) is 22.6 Å². The average Bonchev–Trinajstić information content (AvgIpc) is 2.98. The molecule has 0 atom stereocenters. The van der Waals surface area contributed by atoms with Crippen LogP contribution in [0.1, 0.15) is 33.6 Å². The van der Waals surface area contributed by atoms with E-state index in [1.165, 1.54) is 17.2 Å². The Morgan fingerprint density at radius 1 is 1.13 bits per heavy atom. The van der Waals surface area contributed by atoms with Crippen LogP contribution in [0.2, 0.25) is 0 Å². The van der Waals surface area contributed by atoms with E-state index in [-0.39, 0.29) is 12.1 Å². The van der Waals surface area contributed by atoms with E-state index in [1.807, 2.05) is 26.0 Å². The van der Waals surface area contributed by atoms with Crippen molar-refractivity contribution in [3.8, 4) is 5.69 Å². The Balaban J connectivity index is 1.76. The average molecular weight is 404 g/mol. The molecule has 0 saturated carbocycles. The highest BCUT2D eigenvalue weighted by Crippen LogP contribution is 2.24. The molecule has 7 heteroatoms. The standard InChI is InChI=1S/C23H24N4O3/c1-15-8-7-11-21(17(15)3)26-16(2)12-20(18(26)4)14-24-25-23(28)13-19-9-5-6-10-22(19)27(29)30/h5-12,14H,13H2,1-4H3,(H,25,28)/b24-14+. The zero-order valence-corrected chi connectivity index (χ0v) is 17.5. The van der Waals surface area contributed by atoms with E-state index < -0.39 is 10.8 Å². The van der Waals surface area contributed by atoms with Crippen molar-refractivity contribution >= 4 is 17.8 Å². The fourth-order valence-corrected chi connectivity index (χ4v) is 3.49. The van der Waals surface area contributed by atoms with Gasteiger partial charge in [0.05, 0.1) is 17.6 Å². The number of nitrogens with one attached hydrogen (secondary N) is 1. The molecule has 1 heterocycles. The molecule has 154 valence electrons. The van der Waals surface area contributed by atoms with Crippen LogP contribution in [0, 0.1) is 37.8 Å². The molecule has 0 unspecified atom stereocenters. The highest BCUT2D eigenvalue weighted by atomic mass is 16.6. The van der Waals surface area contributed by atoms with Crippen LogP contribution in [-0.4, -0.2) is 21.6 Å². The third kappa shape index (κ3) is 4.30. The van der Waals surface area contributed by atoms with Gasteiger partial charge < -0.3 is 4.57 Å². The minimum atomic E-state index is -0.492. The van der Waals surface area contributed by atoms with Crippen molar-refractivity contribution in [1.82, 2.24) is 9.99 Å². The molecule has 0 aliphatic rings. The van der Waals surface area contributed by atoms with E-state index in [9.17, 15) is 14.9 Å². The molecule has 3 rings (SSSR count). The Hall–Kier alpha value is -3.74. The third-order valence-corrected chi connectivity index (χ3v) is 5.22. The maximum absolute atomic E-state index is 12.2.